The van der Waals surface area contributed by atoms with E-state index in [4.69, 9.17) is 0 Å². The predicted molar refractivity (Wildman–Crippen MR) is 92.9 cm³/mol. The number of sulfonamides is 1. The molecule has 2 heterocycles. The van der Waals surface area contributed by atoms with Gasteiger partial charge in [0.2, 0.25) is 0 Å². The van der Waals surface area contributed by atoms with Crippen LogP contribution >= 0.6 is 0 Å². The molecule has 2 aliphatic heterocycles. The van der Waals surface area contributed by atoms with Gasteiger partial charge in [-0.2, -0.15) is 0 Å². The van der Waals surface area contributed by atoms with Crippen LogP contribution in [0.15, 0.2) is 46.5 Å². The summed E-state index contributed by atoms with van der Waals surface area (Å²) in [5, 5.41) is 2.90. The number of carbonyl (C=O) groups excluding carboxylic acids is 1. The Morgan fingerprint density at radius 1 is 1.29 bits per heavy atom. The fourth-order valence-corrected chi connectivity index (χ4v) is 3.63. The van der Waals surface area contributed by atoms with E-state index in [1.165, 1.54) is 5.56 Å². The lowest BCUT2D eigenvalue weighted by molar-refractivity contribution is -0.117. The van der Waals surface area contributed by atoms with Crippen LogP contribution in [0.3, 0.4) is 0 Å². The van der Waals surface area contributed by atoms with Crippen molar-refractivity contribution in [1.82, 2.24) is 10.2 Å². The molecule has 2 aliphatic rings. The number of carbonyl (C=O) groups is 1. The number of nitrogens with one attached hydrogen (secondary N) is 1. The number of rotatable bonds is 3. The van der Waals surface area contributed by atoms with Gasteiger partial charge in [0, 0.05) is 19.3 Å². The Morgan fingerprint density at radius 2 is 2.08 bits per heavy atom. The van der Waals surface area contributed by atoms with E-state index in [0.717, 1.165) is 11.1 Å². The maximum atomic E-state index is 12.3. The highest BCUT2D eigenvalue weighted by Gasteiger charge is 2.24. The summed E-state index contributed by atoms with van der Waals surface area (Å²) in [6.45, 7) is 4.81. The summed E-state index contributed by atoms with van der Waals surface area (Å²) in [6.07, 6.45) is 4.79. The lowest BCUT2D eigenvalue weighted by Gasteiger charge is -2.27. The molecule has 7 heteroatoms. The van der Waals surface area contributed by atoms with Gasteiger partial charge in [0.1, 0.15) is 5.84 Å². The first kappa shape index (κ1) is 16.4. The van der Waals surface area contributed by atoms with Crippen LogP contribution in [0, 0.1) is 13.8 Å². The van der Waals surface area contributed by atoms with Gasteiger partial charge in [0.25, 0.3) is 15.9 Å². The summed E-state index contributed by atoms with van der Waals surface area (Å²) >= 11 is 0. The zero-order chi connectivity index (χ0) is 17.3. The highest BCUT2D eigenvalue weighted by molar-refractivity contribution is 7.90. The van der Waals surface area contributed by atoms with E-state index in [-0.39, 0.29) is 11.7 Å². The predicted octanol–water partition coefficient (Wildman–Crippen LogP) is 1.42. The number of aryl methyl sites for hydroxylation is 2. The van der Waals surface area contributed by atoms with Crippen LogP contribution in [0.4, 0.5) is 0 Å². The maximum Gasteiger partial charge on any atom is 0.256 e. The molecule has 1 aromatic rings. The Hall–Kier alpha value is -2.41. The summed E-state index contributed by atoms with van der Waals surface area (Å²) in [5.74, 6) is 0.115. The quantitative estimate of drug-likeness (QED) is 0.898. The smallest absolute Gasteiger partial charge is 0.256 e. The van der Waals surface area contributed by atoms with Crippen molar-refractivity contribution in [2.45, 2.75) is 20.4 Å². The summed E-state index contributed by atoms with van der Waals surface area (Å²) in [7, 11) is -3.38. The second-order valence-corrected chi connectivity index (χ2v) is 7.71. The number of fused-ring (bicyclic) bond motifs is 1. The van der Waals surface area contributed by atoms with Crippen molar-refractivity contribution < 1.29 is 13.2 Å². The van der Waals surface area contributed by atoms with E-state index in [1.54, 1.807) is 23.3 Å². The van der Waals surface area contributed by atoms with E-state index in [0.29, 0.717) is 24.5 Å². The van der Waals surface area contributed by atoms with Gasteiger partial charge in [-0.05, 0) is 37.1 Å². The maximum absolute atomic E-state index is 12.3. The van der Waals surface area contributed by atoms with Gasteiger partial charge in [0.15, 0.2) is 0 Å². The lowest BCUT2D eigenvalue weighted by atomic mass is 10.1. The summed E-state index contributed by atoms with van der Waals surface area (Å²) in [5.41, 5.74) is 3.88. The standard InChI is InChI=1S/C17H19N3O3S/c1-12-3-4-14(13(2)9-12)10-18-17(21)15-5-6-16-19-24(22,23)8-7-20(16)11-15/h3-6,9,11H,7-8,10H2,1-2H3,(H,18,21). The number of nitrogens with zero attached hydrogens (tertiary/aromatic N) is 2. The Balaban J connectivity index is 1.69. The molecule has 6 nitrogen and oxygen atoms in total. The Kier molecular flexibility index (Phi) is 4.28. The summed E-state index contributed by atoms with van der Waals surface area (Å²) in [6, 6.07) is 6.11. The van der Waals surface area contributed by atoms with Crippen molar-refractivity contribution in [3.63, 3.8) is 0 Å². The minimum Gasteiger partial charge on any atom is -0.348 e. The molecule has 1 amide bonds. The van der Waals surface area contributed by atoms with Gasteiger partial charge in [-0.3, -0.25) is 4.79 Å². The molecule has 1 aromatic carbocycles. The molecule has 0 aliphatic carbocycles. The van der Waals surface area contributed by atoms with Crippen molar-refractivity contribution in [1.29, 1.82) is 0 Å². The van der Waals surface area contributed by atoms with Gasteiger partial charge in [-0.15, -0.1) is 4.40 Å². The highest BCUT2D eigenvalue weighted by Crippen LogP contribution is 2.16. The molecule has 0 aromatic heterocycles. The molecule has 0 saturated carbocycles. The van der Waals surface area contributed by atoms with Crippen LogP contribution in [0.2, 0.25) is 0 Å². The number of benzene rings is 1. The molecule has 0 bridgehead atoms. The van der Waals surface area contributed by atoms with E-state index in [1.807, 2.05) is 26.0 Å². The molecule has 0 unspecified atom stereocenters. The first-order valence-corrected chi connectivity index (χ1v) is 9.28. The Bertz CT molecular complexity index is 882. The minimum atomic E-state index is -3.38. The first-order valence-electron chi connectivity index (χ1n) is 7.67. The average molecular weight is 345 g/mol. The highest BCUT2D eigenvalue weighted by atomic mass is 32.2. The van der Waals surface area contributed by atoms with Gasteiger partial charge in [0.05, 0.1) is 11.3 Å². The third-order valence-corrected chi connectivity index (χ3v) is 5.19. The third-order valence-electron chi connectivity index (χ3n) is 4.02. The van der Waals surface area contributed by atoms with Crippen LogP contribution in [0.5, 0.6) is 0 Å². The lowest BCUT2D eigenvalue weighted by Crippen LogP contribution is -2.38. The molecule has 0 saturated heterocycles. The first-order chi connectivity index (χ1) is 11.3. The van der Waals surface area contributed by atoms with Crippen molar-refractivity contribution in [2.24, 2.45) is 4.40 Å². The molecule has 0 spiro atoms. The zero-order valence-electron chi connectivity index (χ0n) is 13.6. The fourth-order valence-electron chi connectivity index (χ4n) is 2.66. The van der Waals surface area contributed by atoms with E-state index in [9.17, 15) is 13.2 Å². The van der Waals surface area contributed by atoms with Crippen LogP contribution in [0.25, 0.3) is 0 Å². The van der Waals surface area contributed by atoms with Gasteiger partial charge >= 0.3 is 0 Å². The topological polar surface area (TPSA) is 78.8 Å². The molecule has 0 fully saturated rings. The zero-order valence-corrected chi connectivity index (χ0v) is 14.4. The van der Waals surface area contributed by atoms with Gasteiger partial charge < -0.3 is 10.2 Å². The molecular weight excluding hydrogens is 326 g/mol. The largest absolute Gasteiger partial charge is 0.348 e. The molecule has 0 radical (unpaired) electrons. The molecular formula is C17H19N3O3S. The van der Waals surface area contributed by atoms with Gasteiger partial charge in [-0.25, -0.2) is 8.42 Å². The molecule has 126 valence electrons. The molecule has 3 rings (SSSR count). The number of amidine groups is 1. The van der Waals surface area contributed by atoms with Crippen LogP contribution in [0.1, 0.15) is 16.7 Å². The van der Waals surface area contributed by atoms with Crippen LogP contribution < -0.4 is 5.32 Å². The number of hydrogen-bond acceptors (Lipinski definition) is 4. The van der Waals surface area contributed by atoms with E-state index < -0.39 is 10.0 Å². The van der Waals surface area contributed by atoms with Crippen molar-refractivity contribution in [3.8, 4) is 0 Å². The summed E-state index contributed by atoms with van der Waals surface area (Å²) < 4.78 is 26.7. The van der Waals surface area contributed by atoms with Crippen molar-refractivity contribution >= 4 is 21.8 Å². The second-order valence-electron chi connectivity index (χ2n) is 5.96. The monoisotopic (exact) mass is 345 g/mol. The fraction of sp³-hybridized carbons (Fsp3) is 0.294. The second kappa shape index (κ2) is 6.24. The Morgan fingerprint density at radius 3 is 2.83 bits per heavy atom. The average Bonchev–Trinajstić information content (AvgIpc) is 2.52. The SMILES string of the molecule is Cc1ccc(CNC(=O)C2=CN3CCS(=O)(=O)N=C3C=C2)c(C)c1. The molecule has 0 atom stereocenters. The van der Waals surface area contributed by atoms with Gasteiger partial charge in [-0.1, -0.05) is 23.8 Å². The molecule has 24 heavy (non-hydrogen) atoms. The number of amides is 1. The van der Waals surface area contributed by atoms with Crippen molar-refractivity contribution in [3.05, 3.63) is 58.8 Å². The summed E-state index contributed by atoms with van der Waals surface area (Å²) in [4.78, 5) is 14.0. The number of hydrogen-bond donors (Lipinski definition) is 1. The molecule has 1 N–H and O–H groups in total. The third kappa shape index (κ3) is 3.56. The van der Waals surface area contributed by atoms with E-state index in [2.05, 4.69) is 15.8 Å². The Labute approximate surface area is 141 Å². The minimum absolute atomic E-state index is 0.0434. The van der Waals surface area contributed by atoms with Crippen LogP contribution in [-0.2, 0) is 21.4 Å². The normalized spacial score (nSPS) is 18.5. The van der Waals surface area contributed by atoms with E-state index >= 15 is 0 Å². The van der Waals surface area contributed by atoms with Crippen LogP contribution in [-0.4, -0.2) is 37.4 Å². The van der Waals surface area contributed by atoms with Crippen molar-refractivity contribution in [2.75, 3.05) is 12.3 Å².